The maximum Gasteiger partial charge on any atom is 0.225 e. The number of aliphatic hydroxyl groups is 1. The molecule has 0 aliphatic heterocycles. The molecule has 26 heavy (non-hydrogen) atoms. The normalized spacial score (nSPS) is 12.1. The van der Waals surface area contributed by atoms with Crippen LogP contribution in [0.3, 0.4) is 0 Å². The van der Waals surface area contributed by atoms with Gasteiger partial charge >= 0.3 is 0 Å². The molecule has 0 unspecified atom stereocenters. The predicted molar refractivity (Wildman–Crippen MR) is 103 cm³/mol. The Morgan fingerprint density at radius 1 is 1.27 bits per heavy atom. The maximum absolute atomic E-state index is 9.26. The fourth-order valence-electron chi connectivity index (χ4n) is 2.36. The third kappa shape index (κ3) is 4.68. The van der Waals surface area contributed by atoms with Crippen molar-refractivity contribution in [1.29, 1.82) is 0 Å². The molecule has 0 radical (unpaired) electrons. The van der Waals surface area contributed by atoms with E-state index in [1.54, 1.807) is 13.2 Å². The second-order valence-corrected chi connectivity index (χ2v) is 6.56. The van der Waals surface area contributed by atoms with E-state index in [0.717, 1.165) is 12.0 Å². The van der Waals surface area contributed by atoms with E-state index in [-0.39, 0.29) is 24.4 Å². The second-order valence-electron chi connectivity index (χ2n) is 6.16. The van der Waals surface area contributed by atoms with Crippen LogP contribution in [0.4, 0.5) is 11.8 Å². The van der Waals surface area contributed by atoms with Crippen LogP contribution in [-0.2, 0) is 0 Å². The van der Waals surface area contributed by atoms with Gasteiger partial charge in [-0.2, -0.15) is 4.98 Å². The molecule has 8 heteroatoms. The van der Waals surface area contributed by atoms with E-state index in [1.807, 2.05) is 26.8 Å². The zero-order chi connectivity index (χ0) is 19.3. The molecule has 142 valence electrons. The Kier molecular flexibility index (Phi) is 6.88. The van der Waals surface area contributed by atoms with Crippen molar-refractivity contribution in [3.05, 3.63) is 28.9 Å². The lowest BCUT2D eigenvalue weighted by molar-refractivity contribution is 0.271. The molecule has 0 spiro atoms. The smallest absolute Gasteiger partial charge is 0.225 e. The van der Waals surface area contributed by atoms with E-state index in [0.29, 0.717) is 28.2 Å². The number of hydrogen-bond acceptors (Lipinski definition) is 7. The molecule has 1 aromatic carbocycles. The zero-order valence-corrected chi connectivity index (χ0v) is 16.2. The van der Waals surface area contributed by atoms with Gasteiger partial charge < -0.3 is 25.6 Å². The summed E-state index contributed by atoms with van der Waals surface area (Å²) in [5.41, 5.74) is 6.94. The number of methoxy groups -OCH3 is 1. The summed E-state index contributed by atoms with van der Waals surface area (Å²) in [5.74, 6) is 2.21. The van der Waals surface area contributed by atoms with Crippen LogP contribution in [0.5, 0.6) is 17.2 Å². The van der Waals surface area contributed by atoms with Crippen LogP contribution in [-0.4, -0.2) is 34.8 Å². The van der Waals surface area contributed by atoms with Crippen molar-refractivity contribution < 1.29 is 14.6 Å². The first-order valence-corrected chi connectivity index (χ1v) is 8.82. The predicted octanol–water partition coefficient (Wildman–Crippen LogP) is 3.82. The number of hydrogen-bond donors (Lipinski definition) is 3. The van der Waals surface area contributed by atoms with Gasteiger partial charge in [0.25, 0.3) is 0 Å². The number of benzene rings is 1. The standard InChI is InChI=1S/C18H25ClN4O3/c1-5-11(9-24)22-18-21-8-16(17(20)23-18)26-14-7-13(19)15(25-4)6-12(14)10(2)3/h6-8,10-11,24H,5,9H2,1-4H3,(H3,20,21,22,23)/t11-/m1/s1. The zero-order valence-electron chi connectivity index (χ0n) is 15.4. The summed E-state index contributed by atoms with van der Waals surface area (Å²) in [6, 6.07) is 3.41. The first kappa shape index (κ1) is 20.1. The van der Waals surface area contributed by atoms with Crippen LogP contribution in [0.15, 0.2) is 18.3 Å². The number of ether oxygens (including phenoxy) is 2. The summed E-state index contributed by atoms with van der Waals surface area (Å²) in [4.78, 5) is 8.40. The Hall–Kier alpha value is -2.25. The number of nitrogens with one attached hydrogen (secondary N) is 1. The number of halogens is 1. The Labute approximate surface area is 158 Å². The molecule has 7 nitrogen and oxygen atoms in total. The third-order valence-corrected chi connectivity index (χ3v) is 4.25. The van der Waals surface area contributed by atoms with Crippen LogP contribution in [0.1, 0.15) is 38.7 Å². The molecule has 1 atom stereocenters. The summed E-state index contributed by atoms with van der Waals surface area (Å²) < 4.78 is 11.2. The molecule has 0 bridgehead atoms. The minimum Gasteiger partial charge on any atom is -0.495 e. The van der Waals surface area contributed by atoms with Gasteiger partial charge in [0.05, 0.1) is 31.0 Å². The van der Waals surface area contributed by atoms with Gasteiger partial charge in [-0.1, -0.05) is 32.4 Å². The second kappa shape index (κ2) is 8.91. The number of anilines is 2. The molecule has 4 N–H and O–H groups in total. The highest BCUT2D eigenvalue weighted by atomic mass is 35.5. The minimum absolute atomic E-state index is 0.0138. The lowest BCUT2D eigenvalue weighted by Gasteiger charge is -2.18. The van der Waals surface area contributed by atoms with Gasteiger partial charge in [0.1, 0.15) is 11.5 Å². The quantitative estimate of drug-likeness (QED) is 0.639. The van der Waals surface area contributed by atoms with Crippen LogP contribution in [0.2, 0.25) is 5.02 Å². The molecule has 1 heterocycles. The van der Waals surface area contributed by atoms with Gasteiger partial charge in [-0.3, -0.25) is 0 Å². The highest BCUT2D eigenvalue weighted by Gasteiger charge is 2.16. The fraction of sp³-hybridized carbons (Fsp3) is 0.444. The molecule has 0 aliphatic rings. The maximum atomic E-state index is 9.26. The van der Waals surface area contributed by atoms with Crippen molar-refractivity contribution in [2.24, 2.45) is 0 Å². The van der Waals surface area contributed by atoms with Crippen molar-refractivity contribution in [3.8, 4) is 17.2 Å². The molecule has 2 aromatic rings. The van der Waals surface area contributed by atoms with Gasteiger partial charge in [-0.05, 0) is 18.4 Å². The minimum atomic E-state index is -0.130. The summed E-state index contributed by atoms with van der Waals surface area (Å²) in [5, 5.41) is 12.7. The highest BCUT2D eigenvalue weighted by Crippen LogP contribution is 2.39. The average Bonchev–Trinajstić information content (AvgIpc) is 2.61. The molecule has 0 saturated heterocycles. The fourth-order valence-corrected chi connectivity index (χ4v) is 2.59. The van der Waals surface area contributed by atoms with E-state index >= 15 is 0 Å². The van der Waals surface area contributed by atoms with Crippen molar-refractivity contribution in [2.75, 3.05) is 24.8 Å². The summed E-state index contributed by atoms with van der Waals surface area (Å²) >= 11 is 6.23. The number of aromatic nitrogens is 2. The number of rotatable bonds is 8. The van der Waals surface area contributed by atoms with Crippen molar-refractivity contribution in [2.45, 2.75) is 39.2 Å². The van der Waals surface area contributed by atoms with Gasteiger partial charge in [0.15, 0.2) is 11.6 Å². The molecule has 0 fully saturated rings. The number of aliphatic hydroxyl groups excluding tert-OH is 1. The van der Waals surface area contributed by atoms with Crippen molar-refractivity contribution in [1.82, 2.24) is 9.97 Å². The van der Waals surface area contributed by atoms with E-state index in [4.69, 9.17) is 26.8 Å². The molecule has 2 rings (SSSR count). The van der Waals surface area contributed by atoms with Gasteiger partial charge in [-0.25, -0.2) is 4.98 Å². The third-order valence-electron chi connectivity index (χ3n) is 3.96. The molecule has 1 aromatic heterocycles. The monoisotopic (exact) mass is 380 g/mol. The Morgan fingerprint density at radius 3 is 2.54 bits per heavy atom. The first-order valence-electron chi connectivity index (χ1n) is 8.44. The highest BCUT2D eigenvalue weighted by molar-refractivity contribution is 6.32. The summed E-state index contributed by atoms with van der Waals surface area (Å²) in [6.45, 7) is 6.03. The Morgan fingerprint density at radius 2 is 2.00 bits per heavy atom. The molecule has 0 aliphatic carbocycles. The summed E-state index contributed by atoms with van der Waals surface area (Å²) in [6.07, 6.45) is 2.23. The van der Waals surface area contributed by atoms with E-state index in [9.17, 15) is 5.11 Å². The van der Waals surface area contributed by atoms with Crippen molar-refractivity contribution >= 4 is 23.4 Å². The Bertz CT molecular complexity index is 751. The van der Waals surface area contributed by atoms with E-state index < -0.39 is 0 Å². The van der Waals surface area contributed by atoms with Crippen LogP contribution < -0.4 is 20.5 Å². The molecule has 0 saturated carbocycles. The topological polar surface area (TPSA) is 103 Å². The molecular weight excluding hydrogens is 356 g/mol. The molecule has 0 amide bonds. The largest absolute Gasteiger partial charge is 0.495 e. The SMILES string of the molecule is CC[C@H](CO)Nc1ncc(Oc2cc(Cl)c(OC)cc2C(C)C)c(N)n1. The van der Waals surface area contributed by atoms with Crippen molar-refractivity contribution in [3.63, 3.8) is 0 Å². The van der Waals surface area contributed by atoms with Crippen LogP contribution in [0, 0.1) is 0 Å². The van der Waals surface area contributed by atoms with E-state index in [2.05, 4.69) is 15.3 Å². The summed E-state index contributed by atoms with van der Waals surface area (Å²) in [7, 11) is 1.57. The van der Waals surface area contributed by atoms with Crippen LogP contribution in [0.25, 0.3) is 0 Å². The van der Waals surface area contributed by atoms with Crippen LogP contribution >= 0.6 is 11.6 Å². The number of nitrogens with zero attached hydrogens (tertiary/aromatic N) is 2. The van der Waals surface area contributed by atoms with Gasteiger partial charge in [-0.15, -0.1) is 0 Å². The lowest BCUT2D eigenvalue weighted by Crippen LogP contribution is -2.24. The van der Waals surface area contributed by atoms with Gasteiger partial charge in [0, 0.05) is 11.6 Å². The number of nitrogen functional groups attached to an aromatic ring is 1. The lowest BCUT2D eigenvalue weighted by atomic mass is 10.0. The molecular formula is C18H25ClN4O3. The van der Waals surface area contributed by atoms with E-state index in [1.165, 1.54) is 6.20 Å². The average molecular weight is 381 g/mol. The number of nitrogens with two attached hydrogens (primary N) is 1. The first-order chi connectivity index (χ1) is 12.4. The van der Waals surface area contributed by atoms with Gasteiger partial charge in [0.2, 0.25) is 5.95 Å². The Balaban J connectivity index is 2.29.